The Morgan fingerprint density at radius 2 is 1.75 bits per heavy atom. The zero-order valence-electron chi connectivity index (χ0n) is 16.3. The molecule has 0 atom stereocenters. The van der Waals surface area contributed by atoms with Crippen LogP contribution in [0.5, 0.6) is 0 Å². The summed E-state index contributed by atoms with van der Waals surface area (Å²) in [6.45, 7) is 4.77. The summed E-state index contributed by atoms with van der Waals surface area (Å²) in [5.74, 6) is -0.0585. The Labute approximate surface area is 166 Å². The zero-order chi connectivity index (χ0) is 20.1. The molecule has 1 N–H and O–H groups in total. The highest BCUT2D eigenvalue weighted by Gasteiger charge is 2.18. The molecule has 3 rings (SSSR count). The molecular weight excluding hydrogens is 372 g/mol. The summed E-state index contributed by atoms with van der Waals surface area (Å²) in [6, 6.07) is 16.9. The number of benzene rings is 2. The van der Waals surface area contributed by atoms with Gasteiger partial charge in [-0.1, -0.05) is 30.3 Å². The third-order valence-electron chi connectivity index (χ3n) is 4.82. The highest BCUT2D eigenvalue weighted by molar-refractivity contribution is 7.92. The van der Waals surface area contributed by atoms with Crippen LogP contribution in [0, 0.1) is 0 Å². The second kappa shape index (κ2) is 8.61. The number of fused-ring (bicyclic) bond motifs is 1. The summed E-state index contributed by atoms with van der Waals surface area (Å²) in [4.78, 5) is 12.4. The van der Waals surface area contributed by atoms with E-state index in [0.717, 1.165) is 18.5 Å². The lowest BCUT2D eigenvalue weighted by Gasteiger charge is -2.09. The lowest BCUT2D eigenvalue weighted by atomic mass is 10.1. The minimum Gasteiger partial charge on any atom is -0.356 e. The average molecular weight is 399 g/mol. The van der Waals surface area contributed by atoms with Crippen LogP contribution in [-0.4, -0.2) is 30.7 Å². The number of sulfone groups is 1. The fraction of sp³-hybridized carbons (Fsp3) is 0.318. The highest BCUT2D eigenvalue weighted by Crippen LogP contribution is 2.17. The second-order valence-corrected chi connectivity index (χ2v) is 9.69. The molecule has 0 aliphatic rings. The third kappa shape index (κ3) is 4.62. The number of para-hydroxylation sites is 1. The molecule has 0 saturated carbocycles. The van der Waals surface area contributed by atoms with Crippen molar-refractivity contribution in [2.24, 2.45) is 0 Å². The van der Waals surface area contributed by atoms with E-state index in [-0.39, 0.29) is 12.3 Å². The number of amides is 1. The Balaban J connectivity index is 1.47. The van der Waals surface area contributed by atoms with Crippen molar-refractivity contribution in [1.29, 1.82) is 0 Å². The maximum Gasteiger partial charge on any atom is 0.224 e. The number of rotatable bonds is 8. The Kier molecular flexibility index (Phi) is 6.19. The molecule has 0 radical (unpaired) electrons. The van der Waals surface area contributed by atoms with Crippen molar-refractivity contribution in [3.63, 3.8) is 0 Å². The first-order valence-corrected chi connectivity index (χ1v) is 11.1. The van der Waals surface area contributed by atoms with Crippen LogP contribution in [-0.2, 0) is 27.6 Å². The summed E-state index contributed by atoms with van der Waals surface area (Å²) in [5, 5.41) is 3.69. The van der Waals surface area contributed by atoms with Gasteiger partial charge >= 0.3 is 0 Å². The number of carbonyl (C=O) groups excluding carboxylic acids is 1. The van der Waals surface area contributed by atoms with Gasteiger partial charge in [0, 0.05) is 24.8 Å². The minimum atomic E-state index is -3.28. The third-order valence-corrected chi connectivity index (χ3v) is 6.99. The van der Waals surface area contributed by atoms with E-state index in [1.807, 2.05) is 12.1 Å². The number of hydrogen-bond donors (Lipinski definition) is 1. The molecule has 0 spiro atoms. The van der Waals surface area contributed by atoms with Gasteiger partial charge in [-0.2, -0.15) is 0 Å². The standard InChI is InChI=1S/C22H26N2O3S/c1-17(2)28(26,27)20-10-8-18(9-11-20)16-22(25)23-13-5-14-24-15-12-19-6-3-4-7-21(19)24/h3-4,6-12,15,17H,5,13-14,16H2,1-2H3,(H,23,25). The summed E-state index contributed by atoms with van der Waals surface area (Å²) in [6.07, 6.45) is 3.16. The molecule has 0 aliphatic carbocycles. The maximum atomic E-state index is 12.1. The van der Waals surface area contributed by atoms with E-state index in [2.05, 4.69) is 34.3 Å². The maximum absolute atomic E-state index is 12.1. The number of nitrogens with one attached hydrogen (secondary N) is 1. The van der Waals surface area contributed by atoms with Gasteiger partial charge in [-0.25, -0.2) is 8.42 Å². The molecule has 1 amide bonds. The summed E-state index contributed by atoms with van der Waals surface area (Å²) in [5.41, 5.74) is 2.00. The monoisotopic (exact) mass is 398 g/mol. The molecule has 28 heavy (non-hydrogen) atoms. The predicted octanol–water partition coefficient (Wildman–Crippen LogP) is 3.57. The van der Waals surface area contributed by atoms with E-state index in [1.165, 1.54) is 10.9 Å². The van der Waals surface area contributed by atoms with E-state index in [0.29, 0.717) is 11.4 Å². The average Bonchev–Trinajstić information content (AvgIpc) is 3.09. The Morgan fingerprint density at radius 1 is 1.04 bits per heavy atom. The lowest BCUT2D eigenvalue weighted by Crippen LogP contribution is -2.26. The Bertz CT molecular complexity index is 1050. The van der Waals surface area contributed by atoms with E-state index in [9.17, 15) is 13.2 Å². The quantitative estimate of drug-likeness (QED) is 0.590. The van der Waals surface area contributed by atoms with Crippen LogP contribution in [0.3, 0.4) is 0 Å². The molecule has 1 heterocycles. The summed E-state index contributed by atoms with van der Waals surface area (Å²) < 4.78 is 26.5. The predicted molar refractivity (Wildman–Crippen MR) is 112 cm³/mol. The zero-order valence-corrected chi connectivity index (χ0v) is 17.1. The molecule has 3 aromatic rings. The van der Waals surface area contributed by atoms with Gasteiger partial charge in [0.2, 0.25) is 5.91 Å². The summed E-state index contributed by atoms with van der Waals surface area (Å²) >= 11 is 0. The van der Waals surface area contributed by atoms with Crippen molar-refractivity contribution in [3.8, 4) is 0 Å². The van der Waals surface area contributed by atoms with Crippen LogP contribution in [0.1, 0.15) is 25.8 Å². The molecule has 5 nitrogen and oxygen atoms in total. The molecule has 2 aromatic carbocycles. The number of aryl methyl sites for hydroxylation is 1. The van der Waals surface area contributed by atoms with Gasteiger partial charge in [-0.3, -0.25) is 4.79 Å². The minimum absolute atomic E-state index is 0.0585. The van der Waals surface area contributed by atoms with Crippen LogP contribution in [0.4, 0.5) is 0 Å². The van der Waals surface area contributed by atoms with Crippen molar-refractivity contribution >= 4 is 26.6 Å². The molecule has 0 bridgehead atoms. The van der Waals surface area contributed by atoms with Crippen molar-refractivity contribution in [3.05, 3.63) is 66.4 Å². The summed E-state index contributed by atoms with van der Waals surface area (Å²) in [7, 11) is -3.28. The van der Waals surface area contributed by atoms with Crippen molar-refractivity contribution in [1.82, 2.24) is 9.88 Å². The number of aromatic nitrogens is 1. The molecule has 0 unspecified atom stereocenters. The first kappa shape index (κ1) is 20.1. The largest absolute Gasteiger partial charge is 0.356 e. The fourth-order valence-electron chi connectivity index (χ4n) is 3.13. The van der Waals surface area contributed by atoms with Crippen LogP contribution >= 0.6 is 0 Å². The van der Waals surface area contributed by atoms with Crippen molar-refractivity contribution in [2.45, 2.75) is 43.4 Å². The van der Waals surface area contributed by atoms with E-state index >= 15 is 0 Å². The van der Waals surface area contributed by atoms with Crippen LogP contribution in [0.2, 0.25) is 0 Å². The number of carbonyl (C=O) groups is 1. The molecule has 1 aromatic heterocycles. The Morgan fingerprint density at radius 3 is 2.46 bits per heavy atom. The van der Waals surface area contributed by atoms with Crippen molar-refractivity contribution < 1.29 is 13.2 Å². The van der Waals surface area contributed by atoms with Crippen LogP contribution < -0.4 is 5.32 Å². The highest BCUT2D eigenvalue weighted by atomic mass is 32.2. The van der Waals surface area contributed by atoms with Crippen LogP contribution in [0.25, 0.3) is 10.9 Å². The number of nitrogens with zero attached hydrogens (tertiary/aromatic N) is 1. The fourth-order valence-corrected chi connectivity index (χ4v) is 4.19. The van der Waals surface area contributed by atoms with Gasteiger partial charge in [0.05, 0.1) is 16.6 Å². The normalized spacial score (nSPS) is 11.8. The van der Waals surface area contributed by atoms with Crippen LogP contribution in [0.15, 0.2) is 65.7 Å². The lowest BCUT2D eigenvalue weighted by molar-refractivity contribution is -0.120. The molecular formula is C22H26N2O3S. The Hall–Kier alpha value is -2.60. The smallest absolute Gasteiger partial charge is 0.224 e. The second-order valence-electron chi connectivity index (χ2n) is 7.19. The molecule has 0 saturated heterocycles. The van der Waals surface area contributed by atoms with Crippen molar-refractivity contribution in [2.75, 3.05) is 6.54 Å². The first-order chi connectivity index (χ1) is 13.4. The molecule has 6 heteroatoms. The van der Waals surface area contributed by atoms with E-state index < -0.39 is 15.1 Å². The van der Waals surface area contributed by atoms with Gasteiger partial charge in [-0.15, -0.1) is 0 Å². The molecule has 0 aliphatic heterocycles. The van der Waals surface area contributed by atoms with Gasteiger partial charge in [0.1, 0.15) is 0 Å². The SMILES string of the molecule is CC(C)S(=O)(=O)c1ccc(CC(=O)NCCCn2ccc3ccccc32)cc1. The number of hydrogen-bond acceptors (Lipinski definition) is 3. The molecule has 148 valence electrons. The van der Waals surface area contributed by atoms with Gasteiger partial charge in [0.25, 0.3) is 0 Å². The van der Waals surface area contributed by atoms with Gasteiger partial charge < -0.3 is 9.88 Å². The van der Waals surface area contributed by atoms with Gasteiger partial charge in [-0.05, 0) is 55.5 Å². The first-order valence-electron chi connectivity index (χ1n) is 9.51. The molecule has 0 fully saturated rings. The topological polar surface area (TPSA) is 68.2 Å². The van der Waals surface area contributed by atoms with E-state index in [4.69, 9.17) is 0 Å². The van der Waals surface area contributed by atoms with Gasteiger partial charge in [0.15, 0.2) is 9.84 Å². The van der Waals surface area contributed by atoms with E-state index in [1.54, 1.807) is 38.1 Å².